The van der Waals surface area contributed by atoms with Gasteiger partial charge in [0.2, 0.25) is 5.91 Å². The molecule has 1 unspecified atom stereocenters. The van der Waals surface area contributed by atoms with Crippen LogP contribution in [0.1, 0.15) is 28.3 Å². The molecule has 4 nitrogen and oxygen atoms in total. The number of nitrogens with two attached hydrogens (primary N) is 2. The molecule has 0 aliphatic carbocycles. The SMILES string of the molecule is COc1cc(C)c(C(N)C(N)=O)c(C)c1C. The molecule has 0 saturated heterocycles. The van der Waals surface area contributed by atoms with Crippen LogP contribution in [0.25, 0.3) is 0 Å². The fourth-order valence-corrected chi connectivity index (χ4v) is 1.90. The molecule has 1 aromatic carbocycles. The minimum Gasteiger partial charge on any atom is -0.496 e. The molecule has 1 rings (SSSR count). The largest absolute Gasteiger partial charge is 0.496 e. The van der Waals surface area contributed by atoms with Crippen molar-refractivity contribution in [1.29, 1.82) is 0 Å². The molecule has 88 valence electrons. The Morgan fingerprint density at radius 1 is 1.31 bits per heavy atom. The molecule has 0 aliphatic heterocycles. The summed E-state index contributed by atoms with van der Waals surface area (Å²) in [5.41, 5.74) is 14.7. The minimum atomic E-state index is -0.760. The van der Waals surface area contributed by atoms with Crippen LogP contribution in [0.2, 0.25) is 0 Å². The van der Waals surface area contributed by atoms with Crippen LogP contribution in [0.4, 0.5) is 0 Å². The van der Waals surface area contributed by atoms with E-state index in [4.69, 9.17) is 16.2 Å². The van der Waals surface area contributed by atoms with Crippen LogP contribution >= 0.6 is 0 Å². The second-order valence-electron chi connectivity index (χ2n) is 3.94. The highest BCUT2D eigenvalue weighted by atomic mass is 16.5. The lowest BCUT2D eigenvalue weighted by atomic mass is 9.92. The van der Waals surface area contributed by atoms with Crippen molar-refractivity contribution >= 4 is 5.91 Å². The van der Waals surface area contributed by atoms with Gasteiger partial charge < -0.3 is 16.2 Å². The smallest absolute Gasteiger partial charge is 0.238 e. The van der Waals surface area contributed by atoms with Crippen molar-refractivity contribution in [1.82, 2.24) is 0 Å². The van der Waals surface area contributed by atoms with Crippen LogP contribution < -0.4 is 16.2 Å². The lowest BCUT2D eigenvalue weighted by molar-refractivity contribution is -0.119. The normalized spacial score (nSPS) is 12.3. The number of primary amides is 1. The summed E-state index contributed by atoms with van der Waals surface area (Å²) < 4.78 is 5.24. The van der Waals surface area contributed by atoms with Gasteiger partial charge in [-0.15, -0.1) is 0 Å². The summed E-state index contributed by atoms with van der Waals surface area (Å²) in [5.74, 6) is 0.284. The average molecular weight is 222 g/mol. The van der Waals surface area contributed by atoms with Crippen molar-refractivity contribution in [3.05, 3.63) is 28.3 Å². The van der Waals surface area contributed by atoms with E-state index in [1.165, 1.54) is 0 Å². The number of hydrogen-bond donors (Lipinski definition) is 2. The number of rotatable bonds is 3. The summed E-state index contributed by atoms with van der Waals surface area (Å²) in [6, 6.07) is 1.12. The average Bonchev–Trinajstić information content (AvgIpc) is 2.23. The van der Waals surface area contributed by atoms with Gasteiger partial charge in [-0.1, -0.05) is 0 Å². The zero-order valence-corrected chi connectivity index (χ0v) is 10.1. The third-order valence-electron chi connectivity index (χ3n) is 2.95. The van der Waals surface area contributed by atoms with Crippen LogP contribution in [-0.2, 0) is 4.79 Å². The summed E-state index contributed by atoms with van der Waals surface area (Å²) >= 11 is 0. The molecule has 1 aromatic rings. The van der Waals surface area contributed by atoms with E-state index in [0.717, 1.165) is 28.0 Å². The van der Waals surface area contributed by atoms with Crippen LogP contribution in [0, 0.1) is 20.8 Å². The van der Waals surface area contributed by atoms with E-state index in [9.17, 15) is 4.79 Å². The summed E-state index contributed by atoms with van der Waals surface area (Å²) in [6.45, 7) is 5.75. The van der Waals surface area contributed by atoms with E-state index >= 15 is 0 Å². The van der Waals surface area contributed by atoms with Gasteiger partial charge in [0.1, 0.15) is 11.8 Å². The summed E-state index contributed by atoms with van der Waals surface area (Å²) in [7, 11) is 1.62. The quantitative estimate of drug-likeness (QED) is 0.804. The molecule has 16 heavy (non-hydrogen) atoms. The van der Waals surface area contributed by atoms with E-state index in [1.807, 2.05) is 26.8 Å². The first-order valence-electron chi connectivity index (χ1n) is 5.09. The molecule has 0 aromatic heterocycles. The molecule has 0 radical (unpaired) electrons. The molecule has 0 heterocycles. The highest BCUT2D eigenvalue weighted by Gasteiger charge is 2.19. The molecular formula is C12H18N2O2. The number of aryl methyl sites for hydroxylation is 1. The number of hydrogen-bond acceptors (Lipinski definition) is 3. The predicted octanol–water partition coefficient (Wildman–Crippen LogP) is 1.11. The molecule has 4 N–H and O–H groups in total. The zero-order chi connectivity index (χ0) is 12.5. The van der Waals surface area contributed by atoms with Crippen molar-refractivity contribution in [3.63, 3.8) is 0 Å². The highest BCUT2D eigenvalue weighted by Crippen LogP contribution is 2.30. The second kappa shape index (κ2) is 4.53. The van der Waals surface area contributed by atoms with Crippen LogP contribution in [-0.4, -0.2) is 13.0 Å². The van der Waals surface area contributed by atoms with Gasteiger partial charge in [-0.2, -0.15) is 0 Å². The molecule has 0 bridgehead atoms. The first-order valence-corrected chi connectivity index (χ1v) is 5.09. The Morgan fingerprint density at radius 2 is 1.88 bits per heavy atom. The first kappa shape index (κ1) is 12.5. The Bertz CT molecular complexity index is 428. The fraction of sp³-hybridized carbons (Fsp3) is 0.417. The van der Waals surface area contributed by atoms with E-state index < -0.39 is 11.9 Å². The Hall–Kier alpha value is -1.55. The number of benzene rings is 1. The monoisotopic (exact) mass is 222 g/mol. The number of amides is 1. The molecule has 0 saturated carbocycles. The van der Waals surface area contributed by atoms with Gasteiger partial charge in [0.05, 0.1) is 7.11 Å². The third kappa shape index (κ3) is 2.02. The van der Waals surface area contributed by atoms with Crippen LogP contribution in [0.15, 0.2) is 6.07 Å². The fourth-order valence-electron chi connectivity index (χ4n) is 1.90. The lowest BCUT2D eigenvalue weighted by Gasteiger charge is -2.18. The Kier molecular flexibility index (Phi) is 3.55. The van der Waals surface area contributed by atoms with Crippen molar-refractivity contribution in [2.75, 3.05) is 7.11 Å². The topological polar surface area (TPSA) is 78.3 Å². The van der Waals surface area contributed by atoms with E-state index in [1.54, 1.807) is 7.11 Å². The minimum absolute atomic E-state index is 0.518. The summed E-state index contributed by atoms with van der Waals surface area (Å²) in [5, 5.41) is 0. The van der Waals surface area contributed by atoms with Gasteiger partial charge in [0, 0.05) is 0 Å². The van der Waals surface area contributed by atoms with Crippen molar-refractivity contribution in [2.45, 2.75) is 26.8 Å². The van der Waals surface area contributed by atoms with Crippen molar-refractivity contribution < 1.29 is 9.53 Å². The Morgan fingerprint density at radius 3 is 2.31 bits per heavy atom. The molecule has 1 amide bonds. The maximum atomic E-state index is 11.1. The van der Waals surface area contributed by atoms with Crippen LogP contribution in [0.5, 0.6) is 5.75 Å². The molecule has 0 aliphatic rings. The standard InChI is InChI=1S/C12H18N2O2/c1-6-5-9(16-4)7(2)8(3)10(6)11(13)12(14)15/h5,11H,13H2,1-4H3,(H2,14,15). The number of methoxy groups -OCH3 is 1. The number of carbonyl (C=O) groups is 1. The maximum absolute atomic E-state index is 11.1. The van der Waals surface area contributed by atoms with Gasteiger partial charge in [0.15, 0.2) is 0 Å². The predicted molar refractivity (Wildman–Crippen MR) is 63.3 cm³/mol. The van der Waals surface area contributed by atoms with Gasteiger partial charge in [0.25, 0.3) is 0 Å². The van der Waals surface area contributed by atoms with Crippen molar-refractivity contribution in [3.8, 4) is 5.75 Å². The van der Waals surface area contributed by atoms with E-state index in [2.05, 4.69) is 0 Å². The second-order valence-corrected chi connectivity index (χ2v) is 3.94. The van der Waals surface area contributed by atoms with Crippen LogP contribution in [0.3, 0.4) is 0 Å². The third-order valence-corrected chi connectivity index (χ3v) is 2.95. The van der Waals surface area contributed by atoms with Gasteiger partial charge >= 0.3 is 0 Å². The molecule has 0 spiro atoms. The molecule has 4 heteroatoms. The van der Waals surface area contributed by atoms with Crippen molar-refractivity contribution in [2.24, 2.45) is 11.5 Å². The number of carbonyl (C=O) groups excluding carboxylic acids is 1. The lowest BCUT2D eigenvalue weighted by Crippen LogP contribution is -2.29. The zero-order valence-electron chi connectivity index (χ0n) is 10.1. The molecule has 1 atom stereocenters. The molecular weight excluding hydrogens is 204 g/mol. The highest BCUT2D eigenvalue weighted by molar-refractivity contribution is 5.82. The van der Waals surface area contributed by atoms with Gasteiger partial charge in [-0.05, 0) is 49.1 Å². The molecule has 0 fully saturated rings. The van der Waals surface area contributed by atoms with E-state index in [-0.39, 0.29) is 0 Å². The Balaban J connectivity index is 3.41. The Labute approximate surface area is 95.6 Å². The van der Waals surface area contributed by atoms with Gasteiger partial charge in [-0.3, -0.25) is 4.79 Å². The summed E-state index contributed by atoms with van der Waals surface area (Å²) in [4.78, 5) is 11.1. The first-order chi connectivity index (χ1) is 7.40. The number of ether oxygens (including phenoxy) is 1. The van der Waals surface area contributed by atoms with Gasteiger partial charge in [-0.25, -0.2) is 0 Å². The van der Waals surface area contributed by atoms with E-state index in [0.29, 0.717) is 0 Å². The summed E-state index contributed by atoms with van der Waals surface area (Å²) in [6.07, 6.45) is 0. The maximum Gasteiger partial charge on any atom is 0.238 e.